The summed E-state index contributed by atoms with van der Waals surface area (Å²) in [6, 6.07) is 6.51. The molecule has 24 heavy (non-hydrogen) atoms. The molecule has 0 bridgehead atoms. The highest BCUT2D eigenvalue weighted by atomic mass is 16.2. The van der Waals surface area contributed by atoms with Crippen LogP contribution in [0.1, 0.15) is 42.6 Å². The molecule has 0 spiro atoms. The Bertz CT molecular complexity index is 830. The van der Waals surface area contributed by atoms with Gasteiger partial charge in [0.2, 0.25) is 5.91 Å². The normalized spacial score (nSPS) is 21.2. The molecule has 1 aliphatic rings. The van der Waals surface area contributed by atoms with Crippen molar-refractivity contribution in [1.29, 1.82) is 0 Å². The van der Waals surface area contributed by atoms with E-state index in [0.29, 0.717) is 23.6 Å². The van der Waals surface area contributed by atoms with Crippen molar-refractivity contribution in [3.8, 4) is 0 Å². The maximum Gasteiger partial charge on any atom is 0.272 e. The Labute approximate surface area is 138 Å². The van der Waals surface area contributed by atoms with Crippen LogP contribution in [-0.2, 0) is 4.79 Å². The van der Waals surface area contributed by atoms with Gasteiger partial charge in [0, 0.05) is 11.4 Å². The van der Waals surface area contributed by atoms with Crippen LogP contribution in [0.25, 0.3) is 10.8 Å². The molecule has 3 rings (SSSR count). The van der Waals surface area contributed by atoms with E-state index in [2.05, 4.69) is 15.5 Å². The molecule has 1 aliphatic carbocycles. The molecule has 7 nitrogen and oxygen atoms in total. The summed E-state index contributed by atoms with van der Waals surface area (Å²) < 4.78 is 0. The summed E-state index contributed by atoms with van der Waals surface area (Å²) in [6.45, 7) is 0. The minimum atomic E-state index is -0.402. The maximum absolute atomic E-state index is 12.7. The van der Waals surface area contributed by atoms with E-state index in [1.165, 1.54) is 0 Å². The third kappa shape index (κ3) is 3.15. The second-order valence-electron chi connectivity index (χ2n) is 6.17. The Morgan fingerprint density at radius 2 is 1.83 bits per heavy atom. The molecule has 2 amide bonds. The molecule has 4 N–H and O–H groups in total. The van der Waals surface area contributed by atoms with Gasteiger partial charge in [0.25, 0.3) is 11.5 Å². The van der Waals surface area contributed by atoms with Crippen LogP contribution in [0.5, 0.6) is 0 Å². The van der Waals surface area contributed by atoms with Crippen LogP contribution in [0.15, 0.2) is 29.1 Å². The molecule has 1 saturated carbocycles. The third-order valence-electron chi connectivity index (χ3n) is 4.61. The lowest BCUT2D eigenvalue weighted by Gasteiger charge is -2.23. The number of aromatic amines is 1. The van der Waals surface area contributed by atoms with Crippen LogP contribution in [0.2, 0.25) is 0 Å². The number of rotatable bonds is 3. The summed E-state index contributed by atoms with van der Waals surface area (Å²) in [5, 5.41) is 10.0. The van der Waals surface area contributed by atoms with E-state index in [9.17, 15) is 14.4 Å². The van der Waals surface area contributed by atoms with E-state index >= 15 is 0 Å². The first-order chi connectivity index (χ1) is 11.6. The molecule has 0 aliphatic heterocycles. The Kier molecular flexibility index (Phi) is 4.59. The number of hydrogen-bond acceptors (Lipinski definition) is 4. The van der Waals surface area contributed by atoms with Gasteiger partial charge in [0.1, 0.15) is 0 Å². The number of carbonyl (C=O) groups is 2. The van der Waals surface area contributed by atoms with Gasteiger partial charge in [-0.25, -0.2) is 5.10 Å². The van der Waals surface area contributed by atoms with Crippen molar-refractivity contribution < 1.29 is 9.59 Å². The lowest BCUT2D eigenvalue weighted by Crippen LogP contribution is -2.45. The monoisotopic (exact) mass is 328 g/mol. The minimum Gasteiger partial charge on any atom is -0.369 e. The van der Waals surface area contributed by atoms with E-state index in [4.69, 9.17) is 5.73 Å². The fourth-order valence-electron chi connectivity index (χ4n) is 3.35. The zero-order valence-electron chi connectivity index (χ0n) is 13.2. The van der Waals surface area contributed by atoms with Gasteiger partial charge in [-0.1, -0.05) is 37.5 Å². The van der Waals surface area contributed by atoms with Crippen LogP contribution in [0.3, 0.4) is 0 Å². The Morgan fingerprint density at radius 3 is 2.58 bits per heavy atom. The molecule has 1 fully saturated rings. The SMILES string of the molecule is NC(=O)[C@@H]1CCCCC[C@H]1NC(=O)c1n[nH]c(=O)c2ccccc12. The molecular weight excluding hydrogens is 308 g/mol. The number of primary amides is 1. The number of H-pyrrole nitrogens is 1. The van der Waals surface area contributed by atoms with Crippen LogP contribution >= 0.6 is 0 Å². The van der Waals surface area contributed by atoms with Crippen LogP contribution in [0, 0.1) is 5.92 Å². The first-order valence-electron chi connectivity index (χ1n) is 8.15. The standard InChI is InChI=1S/C17H20N4O3/c18-15(22)12-8-2-1-3-9-13(12)19-17(24)14-10-6-4-5-7-11(10)16(23)21-20-14/h4-7,12-13H,1-3,8-9H2,(H2,18,22)(H,19,24)(H,21,23)/t12-,13-/m1/s1. The van der Waals surface area contributed by atoms with Crippen molar-refractivity contribution >= 4 is 22.6 Å². The number of nitrogens with zero attached hydrogens (tertiary/aromatic N) is 1. The van der Waals surface area contributed by atoms with E-state index in [1.807, 2.05) is 0 Å². The Hall–Kier alpha value is -2.70. The lowest BCUT2D eigenvalue weighted by atomic mass is 9.94. The first kappa shape index (κ1) is 16.2. The largest absolute Gasteiger partial charge is 0.369 e. The van der Waals surface area contributed by atoms with Gasteiger partial charge >= 0.3 is 0 Å². The number of fused-ring (bicyclic) bond motifs is 1. The van der Waals surface area contributed by atoms with Crippen LogP contribution in [-0.4, -0.2) is 28.1 Å². The number of nitrogens with one attached hydrogen (secondary N) is 2. The summed E-state index contributed by atoms with van der Waals surface area (Å²) in [4.78, 5) is 36.2. The molecule has 2 aromatic rings. The van der Waals surface area contributed by atoms with Crippen molar-refractivity contribution in [1.82, 2.24) is 15.5 Å². The number of nitrogens with two attached hydrogens (primary N) is 1. The van der Waals surface area contributed by atoms with Crippen LogP contribution < -0.4 is 16.6 Å². The number of amides is 2. The maximum atomic E-state index is 12.7. The summed E-state index contributed by atoms with van der Waals surface area (Å²) in [6.07, 6.45) is 4.28. The Morgan fingerprint density at radius 1 is 1.12 bits per heavy atom. The van der Waals surface area contributed by atoms with Crippen molar-refractivity contribution in [2.45, 2.75) is 38.1 Å². The van der Waals surface area contributed by atoms with Crippen molar-refractivity contribution in [2.24, 2.45) is 11.7 Å². The average molecular weight is 328 g/mol. The summed E-state index contributed by atoms with van der Waals surface area (Å²) in [5.74, 6) is -1.16. The minimum absolute atomic E-state index is 0.151. The predicted molar refractivity (Wildman–Crippen MR) is 89.4 cm³/mol. The van der Waals surface area contributed by atoms with Crippen LogP contribution in [0.4, 0.5) is 0 Å². The van der Waals surface area contributed by atoms with Gasteiger partial charge in [-0.3, -0.25) is 14.4 Å². The number of carbonyl (C=O) groups excluding carboxylic acids is 2. The highest BCUT2D eigenvalue weighted by Gasteiger charge is 2.30. The number of benzene rings is 1. The molecule has 0 unspecified atom stereocenters. The quantitative estimate of drug-likeness (QED) is 0.731. The molecule has 1 aromatic heterocycles. The van der Waals surface area contributed by atoms with Crippen molar-refractivity contribution in [3.63, 3.8) is 0 Å². The topological polar surface area (TPSA) is 118 Å². The lowest BCUT2D eigenvalue weighted by molar-refractivity contribution is -0.122. The first-order valence-corrected chi connectivity index (χ1v) is 8.15. The highest BCUT2D eigenvalue weighted by molar-refractivity contribution is 6.04. The van der Waals surface area contributed by atoms with Crippen molar-refractivity contribution in [2.75, 3.05) is 0 Å². The van der Waals surface area contributed by atoms with Gasteiger partial charge in [-0.15, -0.1) is 0 Å². The van der Waals surface area contributed by atoms with E-state index in [1.54, 1.807) is 24.3 Å². The van der Waals surface area contributed by atoms with E-state index in [-0.39, 0.29) is 29.1 Å². The number of hydrogen-bond donors (Lipinski definition) is 3. The smallest absolute Gasteiger partial charge is 0.272 e. The van der Waals surface area contributed by atoms with Gasteiger partial charge in [-0.2, -0.15) is 5.10 Å². The molecule has 1 heterocycles. The van der Waals surface area contributed by atoms with Gasteiger partial charge in [-0.05, 0) is 18.9 Å². The summed E-state index contributed by atoms with van der Waals surface area (Å²) in [5.41, 5.74) is 5.31. The highest BCUT2D eigenvalue weighted by Crippen LogP contribution is 2.24. The van der Waals surface area contributed by atoms with E-state index in [0.717, 1.165) is 19.3 Å². The molecule has 1 aromatic carbocycles. The fourth-order valence-corrected chi connectivity index (χ4v) is 3.35. The average Bonchev–Trinajstić information content (AvgIpc) is 2.81. The van der Waals surface area contributed by atoms with Crippen molar-refractivity contribution in [3.05, 3.63) is 40.3 Å². The molecule has 126 valence electrons. The zero-order valence-corrected chi connectivity index (χ0v) is 13.2. The predicted octanol–water partition coefficient (Wildman–Crippen LogP) is 1.09. The van der Waals surface area contributed by atoms with E-state index < -0.39 is 5.91 Å². The molecular formula is C17H20N4O3. The molecule has 2 atom stereocenters. The fraction of sp³-hybridized carbons (Fsp3) is 0.412. The second kappa shape index (κ2) is 6.82. The third-order valence-corrected chi connectivity index (χ3v) is 4.61. The molecule has 7 heteroatoms. The van der Waals surface area contributed by atoms with Gasteiger partial charge in [0.15, 0.2) is 5.69 Å². The van der Waals surface area contributed by atoms with Gasteiger partial charge < -0.3 is 11.1 Å². The molecule has 0 saturated heterocycles. The number of aromatic nitrogens is 2. The Balaban J connectivity index is 1.90. The summed E-state index contributed by atoms with van der Waals surface area (Å²) >= 11 is 0. The zero-order chi connectivity index (χ0) is 17.1. The van der Waals surface area contributed by atoms with Gasteiger partial charge in [0.05, 0.1) is 11.3 Å². The second-order valence-corrected chi connectivity index (χ2v) is 6.17. The molecule has 0 radical (unpaired) electrons. The summed E-state index contributed by atoms with van der Waals surface area (Å²) in [7, 11) is 0.